The molecular formula is C23H29BrN2O3. The molecule has 2 rings (SSSR count). The van der Waals surface area contributed by atoms with E-state index in [2.05, 4.69) is 28.2 Å². The maximum Gasteiger partial charge on any atom is 0.261 e. The zero-order valence-electron chi connectivity index (χ0n) is 17.3. The van der Waals surface area contributed by atoms with Gasteiger partial charge in [-0.1, -0.05) is 53.5 Å². The van der Waals surface area contributed by atoms with Crippen LogP contribution in [0.2, 0.25) is 0 Å². The summed E-state index contributed by atoms with van der Waals surface area (Å²) in [5, 5.41) is 2.91. The number of ether oxygens (including phenoxy) is 1. The molecule has 2 aromatic carbocycles. The molecule has 0 aliphatic heterocycles. The van der Waals surface area contributed by atoms with E-state index in [0.717, 1.165) is 28.4 Å². The molecule has 2 amide bonds. The summed E-state index contributed by atoms with van der Waals surface area (Å²) in [6.07, 6.45) is 1.91. The fourth-order valence-electron chi connectivity index (χ4n) is 2.84. The highest BCUT2D eigenvalue weighted by atomic mass is 79.9. The minimum Gasteiger partial charge on any atom is -0.484 e. The topological polar surface area (TPSA) is 58.6 Å². The van der Waals surface area contributed by atoms with Crippen molar-refractivity contribution in [1.82, 2.24) is 10.2 Å². The smallest absolute Gasteiger partial charge is 0.261 e. The number of amides is 2. The van der Waals surface area contributed by atoms with Gasteiger partial charge in [-0.25, -0.2) is 0 Å². The Hall–Kier alpha value is -2.34. The number of nitrogens with one attached hydrogen (secondary N) is 1. The third-order valence-corrected chi connectivity index (χ3v) is 5.14. The summed E-state index contributed by atoms with van der Waals surface area (Å²) < 4.78 is 6.65. The van der Waals surface area contributed by atoms with Crippen molar-refractivity contribution in [3.63, 3.8) is 0 Å². The predicted molar refractivity (Wildman–Crippen MR) is 119 cm³/mol. The number of hydrogen-bond acceptors (Lipinski definition) is 3. The highest BCUT2D eigenvalue weighted by Crippen LogP contribution is 2.16. The number of rotatable bonds is 10. The lowest BCUT2D eigenvalue weighted by molar-refractivity contribution is -0.142. The second-order valence-corrected chi connectivity index (χ2v) is 7.99. The summed E-state index contributed by atoms with van der Waals surface area (Å²) in [5.74, 6) is 0.258. The summed E-state index contributed by atoms with van der Waals surface area (Å²) in [4.78, 5) is 27.1. The predicted octanol–water partition coefficient (Wildman–Crippen LogP) is 4.47. The van der Waals surface area contributed by atoms with Crippen molar-refractivity contribution in [1.29, 1.82) is 0 Å². The van der Waals surface area contributed by atoms with Gasteiger partial charge in [0.05, 0.1) is 0 Å². The second kappa shape index (κ2) is 11.6. The first kappa shape index (κ1) is 22.9. The first-order valence-corrected chi connectivity index (χ1v) is 10.7. The molecule has 0 aliphatic rings. The van der Waals surface area contributed by atoms with Crippen LogP contribution in [0.15, 0.2) is 53.0 Å². The summed E-state index contributed by atoms with van der Waals surface area (Å²) in [7, 11) is 0. The van der Waals surface area contributed by atoms with Crippen molar-refractivity contribution in [2.24, 2.45) is 0 Å². The number of carbonyl (C=O) groups is 2. The standard InChI is InChI=1S/C23H29BrN2O3/c1-4-5-13-25-23(28)18(3)26(15-19-9-11-20(24)12-10-19)22(27)16-29-21-8-6-7-17(2)14-21/h6-12,14,18H,4-5,13,15-16H2,1-3H3,(H,25,28). The van der Waals surface area contributed by atoms with Crippen LogP contribution in [0, 0.1) is 6.92 Å². The molecule has 1 atom stereocenters. The monoisotopic (exact) mass is 460 g/mol. The normalized spacial score (nSPS) is 11.6. The quantitative estimate of drug-likeness (QED) is 0.532. The van der Waals surface area contributed by atoms with Crippen LogP contribution in [-0.2, 0) is 16.1 Å². The number of carbonyl (C=O) groups excluding carboxylic acids is 2. The molecule has 0 fully saturated rings. The van der Waals surface area contributed by atoms with Crippen LogP contribution in [0.4, 0.5) is 0 Å². The van der Waals surface area contributed by atoms with E-state index >= 15 is 0 Å². The molecule has 29 heavy (non-hydrogen) atoms. The Bertz CT molecular complexity index is 808. The van der Waals surface area contributed by atoms with Crippen LogP contribution < -0.4 is 10.1 Å². The number of nitrogens with zero attached hydrogens (tertiary/aromatic N) is 1. The molecule has 0 bridgehead atoms. The van der Waals surface area contributed by atoms with Crippen molar-refractivity contribution in [3.05, 3.63) is 64.1 Å². The molecule has 0 radical (unpaired) electrons. The molecule has 0 spiro atoms. The fourth-order valence-corrected chi connectivity index (χ4v) is 3.10. The third-order valence-electron chi connectivity index (χ3n) is 4.61. The number of unbranched alkanes of at least 4 members (excludes halogenated alkanes) is 1. The van der Waals surface area contributed by atoms with Crippen molar-refractivity contribution >= 4 is 27.7 Å². The lowest BCUT2D eigenvalue weighted by Gasteiger charge is -2.28. The van der Waals surface area contributed by atoms with E-state index in [4.69, 9.17) is 4.74 Å². The number of aryl methyl sites for hydroxylation is 1. The zero-order valence-corrected chi connectivity index (χ0v) is 18.9. The maximum absolute atomic E-state index is 13.0. The van der Waals surface area contributed by atoms with Gasteiger partial charge in [0, 0.05) is 17.6 Å². The Labute approximate surface area is 181 Å². The maximum atomic E-state index is 13.0. The van der Waals surface area contributed by atoms with E-state index in [0.29, 0.717) is 18.8 Å². The van der Waals surface area contributed by atoms with E-state index in [1.165, 1.54) is 0 Å². The Morgan fingerprint density at radius 3 is 2.55 bits per heavy atom. The minimum atomic E-state index is -0.593. The molecule has 0 aromatic heterocycles. The first-order chi connectivity index (χ1) is 13.9. The van der Waals surface area contributed by atoms with Crippen LogP contribution in [0.3, 0.4) is 0 Å². The highest BCUT2D eigenvalue weighted by molar-refractivity contribution is 9.10. The molecular weight excluding hydrogens is 432 g/mol. The van der Waals surface area contributed by atoms with Gasteiger partial charge in [-0.15, -0.1) is 0 Å². The largest absolute Gasteiger partial charge is 0.484 e. The molecule has 156 valence electrons. The van der Waals surface area contributed by atoms with Crippen molar-refractivity contribution in [2.75, 3.05) is 13.2 Å². The van der Waals surface area contributed by atoms with Gasteiger partial charge in [0.1, 0.15) is 11.8 Å². The number of halogens is 1. The van der Waals surface area contributed by atoms with Gasteiger partial charge >= 0.3 is 0 Å². The van der Waals surface area contributed by atoms with Crippen molar-refractivity contribution < 1.29 is 14.3 Å². The van der Waals surface area contributed by atoms with Gasteiger partial charge in [-0.05, 0) is 55.7 Å². The Morgan fingerprint density at radius 1 is 1.17 bits per heavy atom. The zero-order chi connectivity index (χ0) is 21.2. The molecule has 1 unspecified atom stereocenters. The summed E-state index contributed by atoms with van der Waals surface area (Å²) in [6, 6.07) is 14.7. The SMILES string of the molecule is CCCCNC(=O)C(C)N(Cc1ccc(Br)cc1)C(=O)COc1cccc(C)c1. The van der Waals surface area contributed by atoms with Crippen molar-refractivity contribution in [2.45, 2.75) is 46.2 Å². The molecule has 6 heteroatoms. The van der Waals surface area contributed by atoms with E-state index < -0.39 is 6.04 Å². The van der Waals surface area contributed by atoms with Crippen LogP contribution in [0.5, 0.6) is 5.75 Å². The van der Waals surface area contributed by atoms with E-state index in [-0.39, 0.29) is 18.4 Å². The molecule has 5 nitrogen and oxygen atoms in total. The molecule has 0 saturated carbocycles. The Kier molecular flexibility index (Phi) is 9.19. The summed E-state index contributed by atoms with van der Waals surface area (Å²) in [5.41, 5.74) is 2.01. The minimum absolute atomic E-state index is 0.118. The van der Waals surface area contributed by atoms with Gasteiger partial charge in [-0.2, -0.15) is 0 Å². The highest BCUT2D eigenvalue weighted by Gasteiger charge is 2.26. The van der Waals surface area contributed by atoms with E-state index in [1.54, 1.807) is 11.8 Å². The van der Waals surface area contributed by atoms with Crippen LogP contribution >= 0.6 is 15.9 Å². The van der Waals surface area contributed by atoms with E-state index in [1.807, 2.05) is 55.5 Å². The Balaban J connectivity index is 2.10. The summed E-state index contributed by atoms with van der Waals surface area (Å²) >= 11 is 3.42. The lowest BCUT2D eigenvalue weighted by Crippen LogP contribution is -2.49. The molecule has 0 heterocycles. The van der Waals surface area contributed by atoms with Crippen LogP contribution in [0.25, 0.3) is 0 Å². The van der Waals surface area contributed by atoms with Crippen molar-refractivity contribution in [3.8, 4) is 5.75 Å². The second-order valence-electron chi connectivity index (χ2n) is 7.07. The van der Waals surface area contributed by atoms with Crippen LogP contribution in [-0.4, -0.2) is 35.9 Å². The van der Waals surface area contributed by atoms with Gasteiger partial charge in [0.25, 0.3) is 5.91 Å². The van der Waals surface area contributed by atoms with Gasteiger partial charge in [-0.3, -0.25) is 9.59 Å². The third kappa shape index (κ3) is 7.54. The molecule has 2 aromatic rings. The average molecular weight is 461 g/mol. The molecule has 0 aliphatic carbocycles. The average Bonchev–Trinajstić information content (AvgIpc) is 2.71. The first-order valence-electron chi connectivity index (χ1n) is 9.91. The fraction of sp³-hybridized carbons (Fsp3) is 0.391. The number of benzene rings is 2. The van der Waals surface area contributed by atoms with E-state index in [9.17, 15) is 9.59 Å². The van der Waals surface area contributed by atoms with Gasteiger partial charge in [0.15, 0.2) is 6.61 Å². The lowest BCUT2D eigenvalue weighted by atomic mass is 10.1. The number of hydrogen-bond donors (Lipinski definition) is 1. The van der Waals surface area contributed by atoms with Gasteiger partial charge < -0.3 is 15.0 Å². The van der Waals surface area contributed by atoms with Crippen LogP contribution in [0.1, 0.15) is 37.8 Å². The van der Waals surface area contributed by atoms with Gasteiger partial charge in [0.2, 0.25) is 5.91 Å². The molecule has 1 N–H and O–H groups in total. The molecule has 0 saturated heterocycles. The Morgan fingerprint density at radius 2 is 1.90 bits per heavy atom. The summed E-state index contributed by atoms with van der Waals surface area (Å²) in [6.45, 7) is 6.63.